The van der Waals surface area contributed by atoms with Crippen molar-refractivity contribution in [2.24, 2.45) is 5.73 Å². The highest BCUT2D eigenvalue weighted by atomic mass is 19.2. The Morgan fingerprint density at radius 1 is 1.33 bits per heavy atom. The quantitative estimate of drug-likeness (QED) is 0.830. The van der Waals surface area contributed by atoms with Crippen molar-refractivity contribution in [2.45, 2.75) is 18.9 Å². The third kappa shape index (κ3) is 2.42. The molecule has 0 unspecified atom stereocenters. The van der Waals surface area contributed by atoms with Crippen molar-refractivity contribution in [3.63, 3.8) is 0 Å². The van der Waals surface area contributed by atoms with Crippen molar-refractivity contribution in [1.82, 2.24) is 10.2 Å². The van der Waals surface area contributed by atoms with Gasteiger partial charge in [0, 0.05) is 23.9 Å². The fourth-order valence-corrected chi connectivity index (χ4v) is 2.80. The molecule has 1 atom stereocenters. The number of hydrogen-bond donors (Lipinski definition) is 2. The van der Waals surface area contributed by atoms with Gasteiger partial charge >= 0.3 is 0 Å². The molecule has 0 amide bonds. The van der Waals surface area contributed by atoms with Gasteiger partial charge in [0.1, 0.15) is 6.61 Å². The lowest BCUT2D eigenvalue weighted by Crippen LogP contribution is -2.43. The van der Waals surface area contributed by atoms with Crippen LogP contribution in [0.25, 0.3) is 0 Å². The van der Waals surface area contributed by atoms with Gasteiger partial charge in [-0.25, -0.2) is 8.78 Å². The Hall–Kier alpha value is -1.89. The summed E-state index contributed by atoms with van der Waals surface area (Å²) in [5, 5.41) is 3.11. The van der Waals surface area contributed by atoms with E-state index in [2.05, 4.69) is 10.2 Å². The monoisotopic (exact) mass is 299 g/mol. The van der Waals surface area contributed by atoms with E-state index in [0.717, 1.165) is 11.8 Å². The van der Waals surface area contributed by atoms with Crippen molar-refractivity contribution in [3.05, 3.63) is 41.0 Å². The molecule has 0 bridgehead atoms. The Morgan fingerprint density at radius 2 is 2.14 bits per heavy atom. The van der Waals surface area contributed by atoms with Crippen molar-refractivity contribution in [2.75, 3.05) is 19.8 Å². The van der Waals surface area contributed by atoms with E-state index < -0.39 is 17.5 Å². The number of benzene rings is 1. The first kappa shape index (κ1) is 14.1. The Bertz CT molecular complexity index is 591. The van der Waals surface area contributed by atoms with Crippen LogP contribution < -0.4 is 15.8 Å². The number of nitrogens with two attached hydrogens (primary N) is 1. The first-order valence-corrected chi connectivity index (χ1v) is 6.80. The molecule has 2 aliphatic heterocycles. The molecule has 3 rings (SSSR count). The van der Waals surface area contributed by atoms with Crippen LogP contribution in [0.3, 0.4) is 0 Å². The fraction of sp³-hybridized carbons (Fsp3) is 0.429. The smallest absolute Gasteiger partial charge is 0.203 e. The second kappa shape index (κ2) is 5.48. The molecule has 1 aromatic carbocycles. The number of nitrogens with one attached hydrogen (secondary N) is 1. The highest BCUT2D eigenvalue weighted by Crippen LogP contribution is 2.33. The topological polar surface area (TPSA) is 50.5 Å². The molecule has 0 aliphatic carbocycles. The van der Waals surface area contributed by atoms with E-state index in [-0.39, 0.29) is 18.4 Å². The lowest BCUT2D eigenvalue weighted by molar-refractivity contribution is 0.145. The summed E-state index contributed by atoms with van der Waals surface area (Å²) < 4.78 is 45.5. The molecular formula is C14H16F3N3O. The van der Waals surface area contributed by atoms with E-state index in [4.69, 9.17) is 10.5 Å². The van der Waals surface area contributed by atoms with Gasteiger partial charge in [0.05, 0.1) is 12.7 Å². The Morgan fingerprint density at radius 3 is 2.90 bits per heavy atom. The number of fused-ring (bicyclic) bond motifs is 1. The van der Waals surface area contributed by atoms with Crippen LogP contribution in [0.5, 0.6) is 5.75 Å². The Labute approximate surface area is 120 Å². The maximum atomic E-state index is 13.7. The lowest BCUT2D eigenvalue weighted by atomic mass is 10.0. The molecule has 21 heavy (non-hydrogen) atoms. The van der Waals surface area contributed by atoms with E-state index in [1.807, 2.05) is 6.20 Å². The minimum atomic E-state index is -1.49. The number of rotatable bonds is 3. The molecule has 0 spiro atoms. The van der Waals surface area contributed by atoms with Gasteiger partial charge in [-0.05, 0) is 19.0 Å². The second-order valence-electron chi connectivity index (χ2n) is 5.15. The van der Waals surface area contributed by atoms with E-state index in [0.29, 0.717) is 31.6 Å². The first-order chi connectivity index (χ1) is 10.1. The van der Waals surface area contributed by atoms with Crippen LogP contribution in [0.15, 0.2) is 18.0 Å². The lowest BCUT2D eigenvalue weighted by Gasteiger charge is -2.35. The number of ether oxygens (including phenoxy) is 1. The molecule has 2 aliphatic rings. The minimum absolute atomic E-state index is 0.0606. The summed E-state index contributed by atoms with van der Waals surface area (Å²) in [5.41, 5.74) is 6.95. The van der Waals surface area contributed by atoms with Gasteiger partial charge in [-0.1, -0.05) is 0 Å². The molecule has 2 heterocycles. The molecule has 0 saturated heterocycles. The molecule has 4 nitrogen and oxygen atoms in total. The second-order valence-corrected chi connectivity index (χ2v) is 5.15. The zero-order valence-electron chi connectivity index (χ0n) is 11.3. The van der Waals surface area contributed by atoms with Gasteiger partial charge in [-0.2, -0.15) is 4.39 Å². The molecule has 1 aromatic rings. The van der Waals surface area contributed by atoms with E-state index in [1.165, 1.54) is 0 Å². The van der Waals surface area contributed by atoms with Crippen LogP contribution in [0.4, 0.5) is 13.2 Å². The summed E-state index contributed by atoms with van der Waals surface area (Å²) >= 11 is 0. The molecule has 114 valence electrons. The van der Waals surface area contributed by atoms with E-state index >= 15 is 0 Å². The summed E-state index contributed by atoms with van der Waals surface area (Å²) in [6.07, 6.45) is 2.99. The van der Waals surface area contributed by atoms with E-state index in [1.54, 1.807) is 0 Å². The normalized spacial score (nSPS) is 20.7. The summed E-state index contributed by atoms with van der Waals surface area (Å²) in [6, 6.07) is 0.949. The van der Waals surface area contributed by atoms with Crippen LogP contribution in [0, 0.1) is 17.5 Å². The first-order valence-electron chi connectivity index (χ1n) is 6.80. The molecule has 3 N–H and O–H groups in total. The predicted molar refractivity (Wildman–Crippen MR) is 70.9 cm³/mol. The molecule has 0 fully saturated rings. The zero-order chi connectivity index (χ0) is 15.0. The van der Waals surface area contributed by atoms with Crippen molar-refractivity contribution < 1.29 is 17.9 Å². The highest BCUT2D eigenvalue weighted by Gasteiger charge is 2.31. The van der Waals surface area contributed by atoms with E-state index in [9.17, 15) is 13.2 Å². The van der Waals surface area contributed by atoms with Crippen LogP contribution in [-0.2, 0) is 6.42 Å². The van der Waals surface area contributed by atoms with Crippen molar-refractivity contribution in [3.8, 4) is 5.75 Å². The SMILES string of the molecule is NCCC1=CNCN1[C@H]1COc2c(cc(F)c(F)c2F)C1. The zero-order valence-corrected chi connectivity index (χ0v) is 11.3. The average Bonchev–Trinajstić information content (AvgIpc) is 2.93. The summed E-state index contributed by atoms with van der Waals surface area (Å²) in [7, 11) is 0. The molecule has 0 aromatic heterocycles. The average molecular weight is 299 g/mol. The van der Waals surface area contributed by atoms with Crippen molar-refractivity contribution >= 4 is 0 Å². The Kier molecular flexibility index (Phi) is 3.67. The van der Waals surface area contributed by atoms with Crippen LogP contribution in [0.2, 0.25) is 0 Å². The Balaban J connectivity index is 1.83. The summed E-state index contributed by atoms with van der Waals surface area (Å²) in [6.45, 7) is 1.34. The minimum Gasteiger partial charge on any atom is -0.488 e. The van der Waals surface area contributed by atoms with Gasteiger partial charge < -0.3 is 20.7 Å². The molecule has 7 heteroatoms. The third-order valence-electron chi connectivity index (χ3n) is 3.81. The maximum Gasteiger partial charge on any atom is 0.203 e. The summed E-state index contributed by atoms with van der Waals surface area (Å²) in [4.78, 5) is 2.06. The molecule has 0 saturated carbocycles. The summed E-state index contributed by atoms with van der Waals surface area (Å²) in [5.74, 6) is -4.10. The van der Waals surface area contributed by atoms with Gasteiger partial charge in [-0.15, -0.1) is 0 Å². The van der Waals surface area contributed by atoms with Gasteiger partial charge in [0.2, 0.25) is 5.82 Å². The van der Waals surface area contributed by atoms with Crippen LogP contribution >= 0.6 is 0 Å². The van der Waals surface area contributed by atoms with Crippen LogP contribution in [-0.4, -0.2) is 30.8 Å². The standard InChI is InChI=1S/C14H16F3N3O/c15-11-4-8-3-10(6-21-14(8)13(17)12(11)16)20-7-19-5-9(20)1-2-18/h4-5,10,19H,1-3,6-7,18H2/t10-/m1/s1. The van der Waals surface area contributed by atoms with Gasteiger partial charge in [0.25, 0.3) is 0 Å². The predicted octanol–water partition coefficient (Wildman–Crippen LogP) is 1.46. The maximum absolute atomic E-state index is 13.7. The fourth-order valence-electron chi connectivity index (χ4n) is 2.80. The third-order valence-corrected chi connectivity index (χ3v) is 3.81. The largest absolute Gasteiger partial charge is 0.488 e. The van der Waals surface area contributed by atoms with Crippen LogP contribution in [0.1, 0.15) is 12.0 Å². The highest BCUT2D eigenvalue weighted by molar-refractivity contribution is 5.39. The number of halogens is 3. The van der Waals surface area contributed by atoms with Gasteiger partial charge in [0.15, 0.2) is 17.4 Å². The number of hydrogen-bond acceptors (Lipinski definition) is 4. The number of nitrogens with zero attached hydrogens (tertiary/aromatic N) is 1. The molecule has 0 radical (unpaired) electrons. The van der Waals surface area contributed by atoms with Crippen molar-refractivity contribution in [1.29, 1.82) is 0 Å². The molecular weight excluding hydrogens is 283 g/mol. The van der Waals surface area contributed by atoms with Gasteiger partial charge in [-0.3, -0.25) is 0 Å².